The molecule has 0 aliphatic heterocycles. The molecule has 0 unspecified atom stereocenters. The number of hydrogen-bond donors (Lipinski definition) is 0. The molecule has 2 heterocycles. The Bertz CT molecular complexity index is 732. The van der Waals surface area contributed by atoms with Crippen molar-refractivity contribution in [3.05, 3.63) is 42.2 Å². The molecule has 3 rings (SSSR count). The van der Waals surface area contributed by atoms with Crippen LogP contribution in [0.25, 0.3) is 16.9 Å². The molecule has 3 aromatic rings. The summed E-state index contributed by atoms with van der Waals surface area (Å²) >= 11 is 0. The van der Waals surface area contributed by atoms with Crippen molar-refractivity contribution >= 4 is 11.0 Å². The van der Waals surface area contributed by atoms with Gasteiger partial charge < -0.3 is 4.42 Å². The van der Waals surface area contributed by atoms with Gasteiger partial charge in [-0.1, -0.05) is 12.1 Å². The largest absolute Gasteiger partial charge is 0.423 e. The summed E-state index contributed by atoms with van der Waals surface area (Å²) in [4.78, 5) is 8.26. The van der Waals surface area contributed by atoms with Gasteiger partial charge in [0, 0.05) is 6.92 Å². The number of rotatable bonds is 1. The third-order valence-corrected chi connectivity index (χ3v) is 2.49. The smallest absolute Gasteiger partial charge is 0.244 e. The highest BCUT2D eigenvalue weighted by atomic mass is 16.4. The van der Waals surface area contributed by atoms with Gasteiger partial charge in [0.05, 0.1) is 11.0 Å². The summed E-state index contributed by atoms with van der Waals surface area (Å²) in [6, 6.07) is 9.66. The Labute approximate surface area is 96.9 Å². The van der Waals surface area contributed by atoms with Crippen molar-refractivity contribution in [2.75, 3.05) is 0 Å². The second-order valence-electron chi connectivity index (χ2n) is 3.60. The second-order valence-corrected chi connectivity index (χ2v) is 3.60. The topological polar surface area (TPSA) is 67.6 Å². The number of aryl methyl sites for hydroxylation is 1. The third kappa shape index (κ3) is 1.39. The fraction of sp³-hybridized carbons (Fsp3) is 0.0833. The van der Waals surface area contributed by atoms with Gasteiger partial charge in [-0.05, 0) is 12.1 Å². The molecular weight excluding hydrogens is 216 g/mol. The van der Waals surface area contributed by atoms with Crippen LogP contribution in [0.4, 0.5) is 0 Å². The van der Waals surface area contributed by atoms with Crippen LogP contribution in [0.5, 0.6) is 0 Å². The van der Waals surface area contributed by atoms with Crippen LogP contribution in [-0.2, 0) is 0 Å². The van der Waals surface area contributed by atoms with Gasteiger partial charge in [-0.3, -0.25) is 4.57 Å². The Balaban J connectivity index is 2.31. The molecule has 0 aliphatic carbocycles. The maximum Gasteiger partial charge on any atom is 0.244 e. The molecule has 0 N–H and O–H groups in total. The van der Waals surface area contributed by atoms with Crippen LogP contribution in [0.2, 0.25) is 0 Å². The summed E-state index contributed by atoms with van der Waals surface area (Å²) in [6.45, 7) is 1.71. The number of nitriles is 1. The minimum Gasteiger partial charge on any atom is -0.423 e. The van der Waals surface area contributed by atoms with Crippen LogP contribution in [0.1, 0.15) is 11.6 Å². The van der Waals surface area contributed by atoms with Crippen LogP contribution < -0.4 is 0 Å². The Kier molecular flexibility index (Phi) is 1.95. The van der Waals surface area contributed by atoms with Crippen molar-refractivity contribution in [2.24, 2.45) is 0 Å². The number of oxazole rings is 1. The quantitative estimate of drug-likeness (QED) is 0.635. The van der Waals surface area contributed by atoms with Crippen molar-refractivity contribution in [1.82, 2.24) is 14.5 Å². The maximum atomic E-state index is 9.00. The van der Waals surface area contributed by atoms with Crippen molar-refractivity contribution < 1.29 is 4.42 Å². The van der Waals surface area contributed by atoms with Crippen LogP contribution in [0.3, 0.4) is 0 Å². The van der Waals surface area contributed by atoms with Gasteiger partial charge in [0.25, 0.3) is 0 Å². The van der Waals surface area contributed by atoms with Gasteiger partial charge in [0.15, 0.2) is 5.89 Å². The van der Waals surface area contributed by atoms with Gasteiger partial charge in [-0.25, -0.2) is 9.97 Å². The number of imidazole rings is 1. The molecule has 5 nitrogen and oxygen atoms in total. The molecule has 2 aromatic heterocycles. The Morgan fingerprint density at radius 1 is 1.35 bits per heavy atom. The van der Waals surface area contributed by atoms with E-state index >= 15 is 0 Å². The van der Waals surface area contributed by atoms with Gasteiger partial charge in [-0.2, -0.15) is 5.26 Å². The van der Waals surface area contributed by atoms with Crippen LogP contribution in [0.15, 0.2) is 35.0 Å². The van der Waals surface area contributed by atoms with Crippen molar-refractivity contribution in [3.63, 3.8) is 0 Å². The van der Waals surface area contributed by atoms with E-state index in [1.54, 1.807) is 17.8 Å². The lowest BCUT2D eigenvalue weighted by atomic mass is 10.3. The lowest BCUT2D eigenvalue weighted by Gasteiger charge is -1.98. The lowest BCUT2D eigenvalue weighted by molar-refractivity contribution is 0.502. The van der Waals surface area contributed by atoms with Crippen LogP contribution in [-0.4, -0.2) is 14.5 Å². The number of nitrogens with zero attached hydrogens (tertiary/aromatic N) is 4. The summed E-state index contributed by atoms with van der Waals surface area (Å²) in [6.07, 6.45) is 1.63. The zero-order valence-electron chi connectivity index (χ0n) is 9.08. The predicted octanol–water partition coefficient (Wildman–Crippen LogP) is 2.19. The first-order valence-corrected chi connectivity index (χ1v) is 5.09. The molecular formula is C12H8N4O. The molecule has 0 fully saturated rings. The average Bonchev–Trinajstić information content (AvgIpc) is 2.91. The van der Waals surface area contributed by atoms with Gasteiger partial charge >= 0.3 is 0 Å². The number of fused-ring (bicyclic) bond motifs is 1. The normalized spacial score (nSPS) is 10.6. The lowest BCUT2D eigenvalue weighted by Crippen LogP contribution is -1.92. The van der Waals surface area contributed by atoms with Crippen LogP contribution >= 0.6 is 0 Å². The Morgan fingerprint density at radius 3 is 3.00 bits per heavy atom. The summed E-state index contributed by atoms with van der Waals surface area (Å²) in [7, 11) is 0. The molecule has 0 spiro atoms. The molecule has 0 bridgehead atoms. The molecule has 0 amide bonds. The fourth-order valence-electron chi connectivity index (χ4n) is 1.77. The number of hydrogen-bond acceptors (Lipinski definition) is 4. The molecule has 0 saturated heterocycles. The fourth-order valence-corrected chi connectivity index (χ4v) is 1.77. The van der Waals surface area contributed by atoms with Gasteiger partial charge in [-0.15, -0.1) is 0 Å². The first-order valence-electron chi connectivity index (χ1n) is 5.09. The van der Waals surface area contributed by atoms with E-state index in [0.717, 1.165) is 11.0 Å². The molecule has 0 aliphatic rings. The van der Waals surface area contributed by atoms with Gasteiger partial charge in [0.2, 0.25) is 11.6 Å². The standard InChI is InChI=1S/C12H8N4O/c1-8-15-10(6-13)12(17-8)16-7-14-9-4-2-3-5-11(9)16/h2-5,7H,1H3. The van der Waals surface area contributed by atoms with Crippen LogP contribution in [0, 0.1) is 18.3 Å². The summed E-state index contributed by atoms with van der Waals surface area (Å²) in [5.41, 5.74) is 2.01. The molecule has 17 heavy (non-hydrogen) atoms. The molecule has 1 aromatic carbocycles. The monoisotopic (exact) mass is 224 g/mol. The number of para-hydroxylation sites is 2. The summed E-state index contributed by atoms with van der Waals surface area (Å²) in [5.74, 6) is 0.882. The summed E-state index contributed by atoms with van der Waals surface area (Å²) < 4.78 is 7.18. The zero-order chi connectivity index (χ0) is 11.8. The van der Waals surface area contributed by atoms with Crippen molar-refractivity contribution in [2.45, 2.75) is 6.92 Å². The number of benzene rings is 1. The molecule has 0 radical (unpaired) electrons. The maximum absolute atomic E-state index is 9.00. The minimum atomic E-state index is 0.269. The molecule has 0 saturated carbocycles. The highest BCUT2D eigenvalue weighted by Gasteiger charge is 2.14. The molecule has 82 valence electrons. The zero-order valence-corrected chi connectivity index (χ0v) is 9.08. The van der Waals surface area contributed by atoms with E-state index < -0.39 is 0 Å². The summed E-state index contributed by atoms with van der Waals surface area (Å²) in [5, 5.41) is 9.00. The Morgan fingerprint density at radius 2 is 2.18 bits per heavy atom. The number of aromatic nitrogens is 3. The Hall–Kier alpha value is -2.61. The van der Waals surface area contributed by atoms with E-state index in [0.29, 0.717) is 11.8 Å². The highest BCUT2D eigenvalue weighted by Crippen LogP contribution is 2.21. The predicted molar refractivity (Wildman–Crippen MR) is 60.6 cm³/mol. The van der Waals surface area contributed by atoms with E-state index in [1.807, 2.05) is 30.3 Å². The van der Waals surface area contributed by atoms with E-state index in [-0.39, 0.29) is 5.69 Å². The highest BCUT2D eigenvalue weighted by molar-refractivity contribution is 5.76. The molecule has 0 atom stereocenters. The first kappa shape index (κ1) is 9.60. The minimum absolute atomic E-state index is 0.269. The average molecular weight is 224 g/mol. The first-order chi connectivity index (χ1) is 8.29. The SMILES string of the molecule is Cc1nc(C#N)c(-n2cnc3ccccc32)o1. The third-order valence-electron chi connectivity index (χ3n) is 2.49. The van der Waals surface area contributed by atoms with Gasteiger partial charge in [0.1, 0.15) is 12.4 Å². The second kappa shape index (κ2) is 3.46. The van der Waals surface area contributed by atoms with Crippen molar-refractivity contribution in [3.8, 4) is 12.0 Å². The van der Waals surface area contributed by atoms with E-state index in [4.69, 9.17) is 9.68 Å². The van der Waals surface area contributed by atoms with Crippen molar-refractivity contribution in [1.29, 1.82) is 5.26 Å². The van der Waals surface area contributed by atoms with E-state index in [9.17, 15) is 0 Å². The van der Waals surface area contributed by atoms with E-state index in [1.165, 1.54) is 0 Å². The molecule has 5 heteroatoms. The van der Waals surface area contributed by atoms with E-state index in [2.05, 4.69) is 9.97 Å².